The number of nitrogens with two attached hydrogens (primary N) is 1. The average molecular weight is 264 g/mol. The van der Waals surface area contributed by atoms with E-state index in [1.807, 2.05) is 4.72 Å². The maximum absolute atomic E-state index is 12.1. The Balaban J connectivity index is 2.79. The van der Waals surface area contributed by atoms with Gasteiger partial charge in [-0.05, 0) is 37.1 Å². The second kappa shape index (κ2) is 5.92. The van der Waals surface area contributed by atoms with Crippen LogP contribution in [0.2, 0.25) is 0 Å². The summed E-state index contributed by atoms with van der Waals surface area (Å²) in [5.41, 5.74) is 6.34. The van der Waals surface area contributed by atoms with Gasteiger partial charge in [-0.15, -0.1) is 0 Å². The SMILES string of the molecule is NCCCc1cccc(NS(=O)(=O)C(F)F)c1. The number of hydrogen-bond donors (Lipinski definition) is 2. The number of rotatable bonds is 6. The molecule has 4 nitrogen and oxygen atoms in total. The maximum atomic E-state index is 12.1. The van der Waals surface area contributed by atoms with Crippen molar-refractivity contribution in [2.75, 3.05) is 11.3 Å². The minimum Gasteiger partial charge on any atom is -0.330 e. The van der Waals surface area contributed by atoms with Gasteiger partial charge in [-0.1, -0.05) is 12.1 Å². The van der Waals surface area contributed by atoms with Gasteiger partial charge in [0.1, 0.15) is 0 Å². The number of halogens is 2. The highest BCUT2D eigenvalue weighted by Gasteiger charge is 2.23. The molecule has 1 aromatic rings. The van der Waals surface area contributed by atoms with Crippen LogP contribution in [0.1, 0.15) is 12.0 Å². The zero-order valence-electron chi connectivity index (χ0n) is 9.07. The molecule has 1 aromatic carbocycles. The van der Waals surface area contributed by atoms with Gasteiger partial charge < -0.3 is 5.73 Å². The molecular weight excluding hydrogens is 250 g/mol. The van der Waals surface area contributed by atoms with Crippen LogP contribution < -0.4 is 10.5 Å². The summed E-state index contributed by atoms with van der Waals surface area (Å²) in [6.07, 6.45) is 1.44. The molecule has 17 heavy (non-hydrogen) atoms. The number of aryl methyl sites for hydroxylation is 1. The minimum atomic E-state index is -4.60. The van der Waals surface area contributed by atoms with Crippen LogP contribution >= 0.6 is 0 Å². The van der Waals surface area contributed by atoms with E-state index in [2.05, 4.69) is 0 Å². The van der Waals surface area contributed by atoms with Crippen molar-refractivity contribution in [2.24, 2.45) is 5.73 Å². The Labute approximate surface area is 98.9 Å². The lowest BCUT2D eigenvalue weighted by atomic mass is 10.1. The second-order valence-corrected chi connectivity index (χ2v) is 5.15. The molecule has 0 aromatic heterocycles. The van der Waals surface area contributed by atoms with Crippen molar-refractivity contribution in [1.29, 1.82) is 0 Å². The number of anilines is 1. The van der Waals surface area contributed by atoms with Gasteiger partial charge in [0.15, 0.2) is 0 Å². The highest BCUT2D eigenvalue weighted by Crippen LogP contribution is 2.16. The Bertz CT molecular complexity index is 463. The van der Waals surface area contributed by atoms with E-state index >= 15 is 0 Å². The Morgan fingerprint density at radius 2 is 2.06 bits per heavy atom. The van der Waals surface area contributed by atoms with E-state index in [1.54, 1.807) is 12.1 Å². The highest BCUT2D eigenvalue weighted by molar-refractivity contribution is 7.93. The average Bonchev–Trinajstić information content (AvgIpc) is 2.26. The fraction of sp³-hybridized carbons (Fsp3) is 0.400. The zero-order valence-corrected chi connectivity index (χ0v) is 9.88. The predicted molar refractivity (Wildman–Crippen MR) is 62.4 cm³/mol. The molecule has 0 spiro atoms. The van der Waals surface area contributed by atoms with Gasteiger partial charge in [0.05, 0.1) is 0 Å². The first-order chi connectivity index (χ1) is 7.95. The molecule has 1 rings (SSSR count). The zero-order chi connectivity index (χ0) is 12.9. The van der Waals surface area contributed by atoms with Crippen molar-refractivity contribution in [3.8, 4) is 0 Å². The van der Waals surface area contributed by atoms with Crippen LogP contribution in [0.15, 0.2) is 24.3 Å². The standard InChI is InChI=1S/C10H14F2N2O2S/c11-10(12)17(15,16)14-9-5-1-3-8(7-9)4-2-6-13/h1,3,5,7,10,14H,2,4,6,13H2. The van der Waals surface area contributed by atoms with Gasteiger partial charge in [-0.2, -0.15) is 8.78 Å². The third-order valence-corrected chi connectivity index (χ3v) is 3.08. The lowest BCUT2D eigenvalue weighted by molar-refractivity contribution is 0.236. The topological polar surface area (TPSA) is 72.2 Å². The molecule has 3 N–H and O–H groups in total. The molecule has 7 heteroatoms. The molecule has 0 saturated carbocycles. The third-order valence-electron chi connectivity index (χ3n) is 2.09. The molecule has 0 radical (unpaired) electrons. The first-order valence-electron chi connectivity index (χ1n) is 5.04. The molecule has 0 aliphatic heterocycles. The Morgan fingerprint density at radius 1 is 1.35 bits per heavy atom. The monoisotopic (exact) mass is 264 g/mol. The summed E-state index contributed by atoms with van der Waals surface area (Å²) in [7, 11) is -4.60. The number of alkyl halides is 2. The van der Waals surface area contributed by atoms with Crippen LogP contribution in [0.25, 0.3) is 0 Å². The fourth-order valence-corrected chi connectivity index (χ4v) is 1.85. The molecule has 0 aliphatic rings. The van der Waals surface area contributed by atoms with E-state index in [9.17, 15) is 17.2 Å². The van der Waals surface area contributed by atoms with Gasteiger partial charge in [0, 0.05) is 5.69 Å². The van der Waals surface area contributed by atoms with Gasteiger partial charge in [-0.25, -0.2) is 8.42 Å². The van der Waals surface area contributed by atoms with Gasteiger partial charge in [0.25, 0.3) is 10.0 Å². The smallest absolute Gasteiger partial charge is 0.330 e. The van der Waals surface area contributed by atoms with Crippen LogP contribution in [0.4, 0.5) is 14.5 Å². The normalized spacial score (nSPS) is 11.8. The van der Waals surface area contributed by atoms with Crippen molar-refractivity contribution >= 4 is 15.7 Å². The van der Waals surface area contributed by atoms with Crippen LogP contribution in [0.5, 0.6) is 0 Å². The summed E-state index contributed by atoms with van der Waals surface area (Å²) in [6.45, 7) is 0.521. The molecule has 0 aliphatic carbocycles. The highest BCUT2D eigenvalue weighted by atomic mass is 32.2. The third kappa shape index (κ3) is 4.27. The molecule has 96 valence electrons. The molecule has 0 bridgehead atoms. The first-order valence-corrected chi connectivity index (χ1v) is 6.59. The van der Waals surface area contributed by atoms with Crippen molar-refractivity contribution in [3.63, 3.8) is 0 Å². The molecule has 0 saturated heterocycles. The van der Waals surface area contributed by atoms with E-state index in [-0.39, 0.29) is 5.69 Å². The number of hydrogen-bond acceptors (Lipinski definition) is 3. The Morgan fingerprint density at radius 3 is 2.65 bits per heavy atom. The number of sulfonamides is 1. The van der Waals surface area contributed by atoms with E-state index in [0.29, 0.717) is 13.0 Å². The predicted octanol–water partition coefficient (Wildman–Crippen LogP) is 1.54. The first kappa shape index (κ1) is 13.9. The quantitative estimate of drug-likeness (QED) is 0.818. The molecular formula is C10H14F2N2O2S. The summed E-state index contributed by atoms with van der Waals surface area (Å²) >= 11 is 0. The Kier molecular flexibility index (Phi) is 4.83. The summed E-state index contributed by atoms with van der Waals surface area (Å²) in [4.78, 5) is 0. The van der Waals surface area contributed by atoms with Gasteiger partial charge >= 0.3 is 5.76 Å². The van der Waals surface area contributed by atoms with E-state index < -0.39 is 15.8 Å². The molecule has 0 amide bonds. The van der Waals surface area contributed by atoms with Crippen molar-refractivity contribution < 1.29 is 17.2 Å². The van der Waals surface area contributed by atoms with Crippen molar-refractivity contribution in [1.82, 2.24) is 0 Å². The van der Waals surface area contributed by atoms with Crippen LogP contribution in [0, 0.1) is 0 Å². The second-order valence-electron chi connectivity index (χ2n) is 3.50. The van der Waals surface area contributed by atoms with Crippen LogP contribution in [-0.4, -0.2) is 20.7 Å². The minimum absolute atomic E-state index is 0.139. The summed E-state index contributed by atoms with van der Waals surface area (Å²) in [6, 6.07) is 6.34. The molecule has 0 unspecified atom stereocenters. The van der Waals surface area contributed by atoms with Crippen LogP contribution in [-0.2, 0) is 16.4 Å². The van der Waals surface area contributed by atoms with Crippen molar-refractivity contribution in [3.05, 3.63) is 29.8 Å². The maximum Gasteiger partial charge on any atom is 0.355 e. The molecule has 0 fully saturated rings. The van der Waals surface area contributed by atoms with Gasteiger partial charge in [-0.3, -0.25) is 4.72 Å². The number of benzene rings is 1. The van der Waals surface area contributed by atoms with Crippen molar-refractivity contribution in [2.45, 2.75) is 18.6 Å². The Hall–Kier alpha value is -1.21. The summed E-state index contributed by atoms with van der Waals surface area (Å²) in [5, 5.41) is 0. The summed E-state index contributed by atoms with van der Waals surface area (Å²) < 4.78 is 48.0. The number of nitrogens with one attached hydrogen (secondary N) is 1. The lowest BCUT2D eigenvalue weighted by Crippen LogP contribution is -2.20. The fourth-order valence-electron chi connectivity index (χ4n) is 1.31. The van der Waals surface area contributed by atoms with E-state index in [0.717, 1.165) is 12.0 Å². The molecule has 0 atom stereocenters. The lowest BCUT2D eigenvalue weighted by Gasteiger charge is -2.08. The largest absolute Gasteiger partial charge is 0.355 e. The molecule has 0 heterocycles. The van der Waals surface area contributed by atoms with E-state index in [1.165, 1.54) is 12.1 Å². The summed E-state index contributed by atoms with van der Waals surface area (Å²) in [5.74, 6) is -3.44. The van der Waals surface area contributed by atoms with E-state index in [4.69, 9.17) is 5.73 Å². The van der Waals surface area contributed by atoms with Crippen LogP contribution in [0.3, 0.4) is 0 Å². The van der Waals surface area contributed by atoms with Gasteiger partial charge in [0.2, 0.25) is 0 Å².